The fraction of sp³-hybridized carbons (Fsp3) is 0.500. The van der Waals surface area contributed by atoms with E-state index in [0.29, 0.717) is 24.6 Å². The van der Waals surface area contributed by atoms with Gasteiger partial charge in [0, 0.05) is 31.7 Å². The van der Waals surface area contributed by atoms with E-state index in [-0.39, 0.29) is 6.10 Å². The van der Waals surface area contributed by atoms with E-state index in [1.165, 1.54) is 24.8 Å². The maximum Gasteiger partial charge on any atom is 0.119 e. The number of para-hydroxylation sites is 1. The lowest BCUT2D eigenvalue weighted by Gasteiger charge is -2.34. The van der Waals surface area contributed by atoms with Gasteiger partial charge in [0.05, 0.1) is 0 Å². The fourth-order valence-corrected chi connectivity index (χ4v) is 4.22. The molecule has 3 atom stereocenters. The van der Waals surface area contributed by atoms with Gasteiger partial charge in [0.2, 0.25) is 0 Å². The molecule has 4 nitrogen and oxygen atoms in total. The molecule has 1 saturated carbocycles. The van der Waals surface area contributed by atoms with E-state index in [0.717, 1.165) is 25.4 Å². The van der Waals surface area contributed by atoms with Gasteiger partial charge in [-0.05, 0) is 50.0 Å². The normalized spacial score (nSPS) is 24.0. The zero-order chi connectivity index (χ0) is 19.2. The Kier molecular flexibility index (Phi) is 6.63. The molecule has 2 aromatic rings. The number of likely N-dealkylation sites (tertiary alicyclic amines) is 1. The van der Waals surface area contributed by atoms with Crippen LogP contribution in [0.25, 0.3) is 0 Å². The van der Waals surface area contributed by atoms with Crippen molar-refractivity contribution < 1.29 is 9.47 Å². The van der Waals surface area contributed by atoms with Gasteiger partial charge in [-0.15, -0.1) is 0 Å². The van der Waals surface area contributed by atoms with Crippen molar-refractivity contribution in [1.29, 1.82) is 0 Å². The van der Waals surface area contributed by atoms with Crippen molar-refractivity contribution in [1.82, 2.24) is 10.2 Å². The summed E-state index contributed by atoms with van der Waals surface area (Å²) in [5.41, 5.74) is 1.48. The highest BCUT2D eigenvalue weighted by atomic mass is 16.5. The van der Waals surface area contributed by atoms with Crippen molar-refractivity contribution >= 4 is 0 Å². The molecule has 28 heavy (non-hydrogen) atoms. The Hall–Kier alpha value is -1.88. The minimum Gasteiger partial charge on any atom is -0.491 e. The van der Waals surface area contributed by atoms with Gasteiger partial charge in [-0.1, -0.05) is 48.5 Å². The molecule has 2 aromatic carbocycles. The van der Waals surface area contributed by atoms with Crippen LogP contribution in [0.3, 0.4) is 0 Å². The summed E-state index contributed by atoms with van der Waals surface area (Å²) in [4.78, 5) is 2.52. The van der Waals surface area contributed by atoms with Gasteiger partial charge in [-0.2, -0.15) is 0 Å². The van der Waals surface area contributed by atoms with Crippen LogP contribution < -0.4 is 10.1 Å². The van der Waals surface area contributed by atoms with Crippen LogP contribution in [-0.2, 0) is 4.74 Å². The molecule has 2 fully saturated rings. The molecule has 4 rings (SSSR count). The summed E-state index contributed by atoms with van der Waals surface area (Å²) in [5.74, 6) is 1.62. The Balaban J connectivity index is 1.16. The maximum absolute atomic E-state index is 5.87. The quantitative estimate of drug-likeness (QED) is 0.719. The zero-order valence-corrected chi connectivity index (χ0v) is 16.8. The van der Waals surface area contributed by atoms with Crippen LogP contribution in [0.1, 0.15) is 30.7 Å². The summed E-state index contributed by atoms with van der Waals surface area (Å²) in [6.07, 6.45) is 3.82. The monoisotopic (exact) mass is 380 g/mol. The lowest BCUT2D eigenvalue weighted by molar-refractivity contribution is 0.0228. The summed E-state index contributed by atoms with van der Waals surface area (Å²) in [6.45, 7) is 3.79. The molecule has 4 heteroatoms. The van der Waals surface area contributed by atoms with Crippen molar-refractivity contribution in [2.75, 3.05) is 33.4 Å². The number of ether oxygens (including phenoxy) is 2. The molecule has 1 saturated heterocycles. The smallest absolute Gasteiger partial charge is 0.119 e. The Morgan fingerprint density at radius 2 is 1.68 bits per heavy atom. The number of hydrogen-bond acceptors (Lipinski definition) is 4. The van der Waals surface area contributed by atoms with Gasteiger partial charge in [0.25, 0.3) is 0 Å². The topological polar surface area (TPSA) is 33.7 Å². The number of nitrogens with one attached hydrogen (secondary N) is 1. The molecular weight excluding hydrogens is 348 g/mol. The second-order valence-electron chi connectivity index (χ2n) is 8.08. The minimum atomic E-state index is 0.107. The molecule has 0 spiro atoms. The molecular formula is C24H32N2O2. The zero-order valence-electron chi connectivity index (χ0n) is 16.8. The Morgan fingerprint density at radius 3 is 2.36 bits per heavy atom. The highest BCUT2D eigenvalue weighted by Gasteiger charge is 2.39. The second kappa shape index (κ2) is 9.55. The van der Waals surface area contributed by atoms with E-state index in [9.17, 15) is 0 Å². The fourth-order valence-electron chi connectivity index (χ4n) is 4.22. The summed E-state index contributed by atoms with van der Waals surface area (Å²) < 4.78 is 11.5. The Bertz CT molecular complexity index is 701. The van der Waals surface area contributed by atoms with Crippen LogP contribution in [0.4, 0.5) is 0 Å². The number of benzene rings is 2. The summed E-state index contributed by atoms with van der Waals surface area (Å²) in [7, 11) is 1.78. The number of rotatable bonds is 9. The predicted molar refractivity (Wildman–Crippen MR) is 113 cm³/mol. The SMILES string of the molecule is COC(COc1ccccc1)CN1CCC(N[C@@H]2C[C@H]2c2ccccc2)CC1. The van der Waals surface area contributed by atoms with Crippen LogP contribution in [0.15, 0.2) is 60.7 Å². The molecule has 0 bridgehead atoms. The molecule has 0 aromatic heterocycles. The third-order valence-electron chi connectivity index (χ3n) is 6.03. The predicted octanol–water partition coefficient (Wildman–Crippen LogP) is 3.69. The van der Waals surface area contributed by atoms with Gasteiger partial charge < -0.3 is 19.7 Å². The largest absolute Gasteiger partial charge is 0.491 e. The average Bonchev–Trinajstić information content (AvgIpc) is 3.53. The third-order valence-corrected chi connectivity index (χ3v) is 6.03. The van der Waals surface area contributed by atoms with Crippen LogP contribution in [0.2, 0.25) is 0 Å². The van der Waals surface area contributed by atoms with Crippen molar-refractivity contribution in [2.45, 2.75) is 43.4 Å². The van der Waals surface area contributed by atoms with Crippen LogP contribution in [-0.4, -0.2) is 56.4 Å². The van der Waals surface area contributed by atoms with E-state index >= 15 is 0 Å². The first-order valence-corrected chi connectivity index (χ1v) is 10.6. The molecule has 0 radical (unpaired) electrons. The summed E-state index contributed by atoms with van der Waals surface area (Å²) in [6, 6.07) is 22.2. The van der Waals surface area contributed by atoms with Crippen LogP contribution in [0.5, 0.6) is 5.75 Å². The summed E-state index contributed by atoms with van der Waals surface area (Å²) >= 11 is 0. The van der Waals surface area contributed by atoms with Gasteiger partial charge in [0.1, 0.15) is 18.5 Å². The molecule has 2 aliphatic rings. The maximum atomic E-state index is 5.87. The number of methoxy groups -OCH3 is 1. The standard InChI is InChI=1S/C24H32N2O2/c1-27-22(18-28-21-10-6-3-7-11-21)17-26-14-12-20(13-15-26)25-24-16-23(24)19-8-4-2-5-9-19/h2-11,20,22-25H,12-18H2,1H3/t22?,23-,24+/m0/s1. The van der Waals surface area contributed by atoms with Crippen molar-refractivity contribution in [3.05, 3.63) is 66.2 Å². The number of piperidine rings is 1. The van der Waals surface area contributed by atoms with E-state index in [1.54, 1.807) is 7.11 Å². The van der Waals surface area contributed by atoms with Gasteiger partial charge in [-0.25, -0.2) is 0 Å². The molecule has 1 unspecified atom stereocenters. The Labute approximate surface area is 168 Å². The first-order chi connectivity index (χ1) is 13.8. The van der Waals surface area contributed by atoms with Gasteiger partial charge in [0.15, 0.2) is 0 Å². The van der Waals surface area contributed by atoms with Gasteiger partial charge in [-0.3, -0.25) is 0 Å². The highest BCUT2D eigenvalue weighted by molar-refractivity contribution is 5.27. The lowest BCUT2D eigenvalue weighted by Crippen LogP contribution is -2.46. The highest BCUT2D eigenvalue weighted by Crippen LogP contribution is 2.41. The lowest BCUT2D eigenvalue weighted by atomic mass is 10.0. The average molecular weight is 381 g/mol. The third kappa shape index (κ3) is 5.34. The van der Waals surface area contributed by atoms with Crippen molar-refractivity contribution in [3.8, 4) is 5.75 Å². The number of nitrogens with zero attached hydrogens (tertiary/aromatic N) is 1. The summed E-state index contributed by atoms with van der Waals surface area (Å²) in [5, 5.41) is 3.89. The van der Waals surface area contributed by atoms with Crippen molar-refractivity contribution in [3.63, 3.8) is 0 Å². The number of hydrogen-bond donors (Lipinski definition) is 1. The van der Waals surface area contributed by atoms with E-state index in [1.807, 2.05) is 30.3 Å². The van der Waals surface area contributed by atoms with E-state index in [2.05, 4.69) is 40.5 Å². The molecule has 0 amide bonds. The molecule has 150 valence electrons. The Morgan fingerprint density at radius 1 is 1.00 bits per heavy atom. The van der Waals surface area contributed by atoms with Crippen molar-refractivity contribution in [2.24, 2.45) is 0 Å². The first kappa shape index (κ1) is 19.4. The molecule has 1 N–H and O–H groups in total. The first-order valence-electron chi connectivity index (χ1n) is 10.6. The van der Waals surface area contributed by atoms with E-state index < -0.39 is 0 Å². The minimum absolute atomic E-state index is 0.107. The van der Waals surface area contributed by atoms with Crippen LogP contribution in [0, 0.1) is 0 Å². The van der Waals surface area contributed by atoms with E-state index in [4.69, 9.17) is 9.47 Å². The van der Waals surface area contributed by atoms with Gasteiger partial charge >= 0.3 is 0 Å². The molecule has 1 heterocycles. The van der Waals surface area contributed by atoms with Crippen LogP contribution >= 0.6 is 0 Å². The molecule has 1 aliphatic heterocycles. The second-order valence-corrected chi connectivity index (χ2v) is 8.08. The molecule has 1 aliphatic carbocycles.